The van der Waals surface area contributed by atoms with Crippen LogP contribution in [0.1, 0.15) is 35.7 Å². The third kappa shape index (κ3) is 3.87. The molecule has 0 aliphatic carbocycles. The van der Waals surface area contributed by atoms with Crippen LogP contribution in [0, 0.1) is 11.3 Å². The van der Waals surface area contributed by atoms with Gasteiger partial charge in [0.2, 0.25) is 0 Å². The van der Waals surface area contributed by atoms with Crippen molar-refractivity contribution in [2.45, 2.75) is 25.9 Å². The molecule has 0 saturated heterocycles. The molecule has 0 radical (unpaired) electrons. The highest BCUT2D eigenvalue weighted by atomic mass is 19.4. The lowest BCUT2D eigenvalue weighted by Crippen LogP contribution is -2.18. The van der Waals surface area contributed by atoms with E-state index < -0.39 is 47.4 Å². The van der Waals surface area contributed by atoms with E-state index in [0.29, 0.717) is 0 Å². The molecule has 0 fully saturated rings. The van der Waals surface area contributed by atoms with Crippen LogP contribution in [0.3, 0.4) is 0 Å². The molecule has 0 aromatic carbocycles. The molecule has 1 heterocycles. The summed E-state index contributed by atoms with van der Waals surface area (Å²) >= 11 is 0. The number of aromatic nitrogens is 1. The highest BCUT2D eigenvalue weighted by Crippen LogP contribution is 2.37. The zero-order chi connectivity index (χ0) is 16.2. The summed E-state index contributed by atoms with van der Waals surface area (Å²) in [6, 6.07) is 1.29. The Morgan fingerprint density at radius 1 is 1.48 bits per heavy atom. The van der Waals surface area contributed by atoms with Crippen molar-refractivity contribution >= 4 is 5.97 Å². The summed E-state index contributed by atoms with van der Waals surface area (Å²) < 4.78 is 68.9. The highest BCUT2D eigenvalue weighted by molar-refractivity contribution is 5.74. The highest BCUT2D eigenvalue weighted by Gasteiger charge is 2.38. The van der Waals surface area contributed by atoms with E-state index in [1.54, 1.807) is 0 Å². The molecule has 21 heavy (non-hydrogen) atoms. The van der Waals surface area contributed by atoms with Gasteiger partial charge in [0.1, 0.15) is 11.8 Å². The Morgan fingerprint density at radius 2 is 2.10 bits per heavy atom. The van der Waals surface area contributed by atoms with Crippen molar-refractivity contribution in [2.75, 3.05) is 6.61 Å². The number of nitriles is 1. The van der Waals surface area contributed by atoms with E-state index in [9.17, 15) is 26.7 Å². The lowest BCUT2D eigenvalue weighted by Gasteiger charge is -2.16. The van der Waals surface area contributed by atoms with Gasteiger partial charge in [0.15, 0.2) is 0 Å². The second-order valence-electron chi connectivity index (χ2n) is 3.80. The molecule has 1 aromatic rings. The first-order valence-corrected chi connectivity index (χ1v) is 5.65. The standard InChI is InChI=1S/C12H9F5N2O2/c1-2-21-9(20)3-6-7(12(15,16)17)5-19-8(4-18)10(6)11(13)14/h5,11H,2-3H2,1H3. The number of nitrogens with zero attached hydrogens (tertiary/aromatic N) is 2. The largest absolute Gasteiger partial charge is 0.466 e. The first-order chi connectivity index (χ1) is 9.72. The van der Waals surface area contributed by atoms with Crippen LogP contribution in [-0.4, -0.2) is 17.6 Å². The second kappa shape index (κ2) is 6.47. The predicted octanol–water partition coefficient (Wildman–Crippen LogP) is 3.02. The van der Waals surface area contributed by atoms with Crippen LogP contribution in [0.2, 0.25) is 0 Å². The lowest BCUT2D eigenvalue weighted by molar-refractivity contribution is -0.143. The monoisotopic (exact) mass is 308 g/mol. The fourth-order valence-electron chi connectivity index (χ4n) is 1.68. The van der Waals surface area contributed by atoms with E-state index in [-0.39, 0.29) is 12.8 Å². The number of carbonyl (C=O) groups excluding carboxylic acids is 1. The van der Waals surface area contributed by atoms with Gasteiger partial charge in [-0.15, -0.1) is 0 Å². The van der Waals surface area contributed by atoms with Crippen LogP contribution < -0.4 is 0 Å². The maximum atomic E-state index is 13.0. The minimum Gasteiger partial charge on any atom is -0.466 e. The molecule has 0 saturated carbocycles. The van der Waals surface area contributed by atoms with Crippen molar-refractivity contribution in [3.05, 3.63) is 28.6 Å². The summed E-state index contributed by atoms with van der Waals surface area (Å²) in [4.78, 5) is 14.4. The Hall–Kier alpha value is -2.24. The van der Waals surface area contributed by atoms with E-state index in [1.807, 2.05) is 0 Å². The molecule has 0 spiro atoms. The summed E-state index contributed by atoms with van der Waals surface area (Å²) in [5.41, 5.74) is -4.51. The first-order valence-electron chi connectivity index (χ1n) is 5.65. The summed E-state index contributed by atoms with van der Waals surface area (Å²) in [5, 5.41) is 8.68. The summed E-state index contributed by atoms with van der Waals surface area (Å²) in [6.07, 6.45) is -9.11. The van der Waals surface area contributed by atoms with Gasteiger partial charge in [-0.2, -0.15) is 18.4 Å². The summed E-state index contributed by atoms with van der Waals surface area (Å²) in [7, 11) is 0. The van der Waals surface area contributed by atoms with Crippen molar-refractivity contribution in [1.29, 1.82) is 5.26 Å². The maximum absolute atomic E-state index is 13.0. The van der Waals surface area contributed by atoms with E-state index in [4.69, 9.17) is 5.26 Å². The van der Waals surface area contributed by atoms with E-state index in [0.717, 1.165) is 0 Å². The quantitative estimate of drug-likeness (QED) is 0.633. The van der Waals surface area contributed by atoms with Gasteiger partial charge in [0.25, 0.3) is 6.43 Å². The van der Waals surface area contributed by atoms with Crippen molar-refractivity contribution in [3.8, 4) is 6.07 Å². The Morgan fingerprint density at radius 3 is 2.52 bits per heavy atom. The Bertz CT molecular complexity index is 578. The molecule has 0 aliphatic rings. The Kier molecular flexibility index (Phi) is 5.18. The number of ether oxygens (including phenoxy) is 1. The Balaban J connectivity index is 3.52. The van der Waals surface area contributed by atoms with Crippen molar-refractivity contribution in [1.82, 2.24) is 4.98 Å². The van der Waals surface area contributed by atoms with Gasteiger partial charge in [0, 0.05) is 6.20 Å². The molecule has 0 bridgehead atoms. The first kappa shape index (κ1) is 16.8. The number of halogens is 5. The fourth-order valence-corrected chi connectivity index (χ4v) is 1.68. The predicted molar refractivity (Wildman–Crippen MR) is 59.2 cm³/mol. The lowest BCUT2D eigenvalue weighted by atomic mass is 9.98. The molecule has 1 rings (SSSR count). The molecule has 0 atom stereocenters. The van der Waals surface area contributed by atoms with Crippen LogP contribution in [0.15, 0.2) is 6.20 Å². The molecule has 0 unspecified atom stereocenters. The smallest absolute Gasteiger partial charge is 0.418 e. The summed E-state index contributed by atoms with van der Waals surface area (Å²) in [6.45, 7) is 1.31. The average molecular weight is 308 g/mol. The SMILES string of the molecule is CCOC(=O)Cc1c(C(F)(F)F)cnc(C#N)c1C(F)F. The zero-order valence-electron chi connectivity index (χ0n) is 10.7. The van der Waals surface area contributed by atoms with Crippen molar-refractivity contribution in [2.24, 2.45) is 0 Å². The third-order valence-electron chi connectivity index (χ3n) is 2.48. The van der Waals surface area contributed by atoms with Crippen LogP contribution in [0.25, 0.3) is 0 Å². The number of hydrogen-bond acceptors (Lipinski definition) is 4. The number of hydrogen-bond donors (Lipinski definition) is 0. The molecule has 0 aliphatic heterocycles. The van der Waals surface area contributed by atoms with Crippen LogP contribution in [-0.2, 0) is 22.1 Å². The molecule has 0 N–H and O–H groups in total. The molecule has 4 nitrogen and oxygen atoms in total. The number of pyridine rings is 1. The average Bonchev–Trinajstić information content (AvgIpc) is 2.36. The maximum Gasteiger partial charge on any atom is 0.418 e. The number of alkyl halides is 5. The van der Waals surface area contributed by atoms with Gasteiger partial charge in [-0.25, -0.2) is 13.8 Å². The van der Waals surface area contributed by atoms with Gasteiger partial charge in [-0.3, -0.25) is 4.79 Å². The van der Waals surface area contributed by atoms with Gasteiger partial charge in [-0.1, -0.05) is 0 Å². The third-order valence-corrected chi connectivity index (χ3v) is 2.48. The van der Waals surface area contributed by atoms with E-state index in [2.05, 4.69) is 9.72 Å². The molecule has 0 amide bonds. The number of esters is 1. The van der Waals surface area contributed by atoms with Gasteiger partial charge in [-0.05, 0) is 12.5 Å². The van der Waals surface area contributed by atoms with Gasteiger partial charge in [0.05, 0.1) is 24.2 Å². The molecular formula is C12H9F5N2O2. The van der Waals surface area contributed by atoms with Gasteiger partial charge >= 0.3 is 12.1 Å². The van der Waals surface area contributed by atoms with Crippen molar-refractivity contribution in [3.63, 3.8) is 0 Å². The zero-order valence-corrected chi connectivity index (χ0v) is 10.7. The number of carbonyl (C=O) groups is 1. The second-order valence-corrected chi connectivity index (χ2v) is 3.80. The number of rotatable bonds is 4. The normalized spacial score (nSPS) is 11.3. The van der Waals surface area contributed by atoms with Crippen LogP contribution in [0.4, 0.5) is 22.0 Å². The van der Waals surface area contributed by atoms with E-state index in [1.165, 1.54) is 13.0 Å². The minimum absolute atomic E-state index is 0.111. The van der Waals surface area contributed by atoms with E-state index >= 15 is 0 Å². The molecule has 1 aromatic heterocycles. The topological polar surface area (TPSA) is 63.0 Å². The molecule has 9 heteroatoms. The summed E-state index contributed by atoms with van der Waals surface area (Å²) in [5.74, 6) is -1.10. The molecular weight excluding hydrogens is 299 g/mol. The van der Waals surface area contributed by atoms with Crippen LogP contribution >= 0.6 is 0 Å². The fraction of sp³-hybridized carbons (Fsp3) is 0.417. The minimum atomic E-state index is -4.98. The van der Waals surface area contributed by atoms with Gasteiger partial charge < -0.3 is 4.74 Å². The van der Waals surface area contributed by atoms with Crippen molar-refractivity contribution < 1.29 is 31.5 Å². The molecule has 114 valence electrons. The van der Waals surface area contributed by atoms with Crippen LogP contribution in [0.5, 0.6) is 0 Å². The Labute approximate surface area is 116 Å².